The van der Waals surface area contributed by atoms with Crippen molar-refractivity contribution in [2.24, 2.45) is 0 Å². The number of H-pyrrole nitrogens is 1. The molecule has 1 amide bonds. The van der Waals surface area contributed by atoms with Crippen LogP contribution in [0.25, 0.3) is 0 Å². The first-order valence-corrected chi connectivity index (χ1v) is 7.36. The monoisotopic (exact) mass is 293 g/mol. The van der Waals surface area contributed by atoms with Crippen LogP contribution in [0.3, 0.4) is 0 Å². The summed E-state index contributed by atoms with van der Waals surface area (Å²) in [7, 11) is 0. The Bertz CT molecular complexity index is 570. The third-order valence-electron chi connectivity index (χ3n) is 3.00. The number of aliphatic hydroxyl groups excluding tert-OH is 1. The first-order valence-electron chi connectivity index (χ1n) is 6.42. The molecule has 6 heteroatoms. The van der Waals surface area contributed by atoms with E-state index in [2.05, 4.69) is 15.5 Å². The van der Waals surface area contributed by atoms with Crippen LogP contribution in [0, 0.1) is 0 Å². The van der Waals surface area contributed by atoms with E-state index in [-0.39, 0.29) is 17.9 Å². The Morgan fingerprint density at radius 2 is 2.30 bits per heavy atom. The number of carbonyl (C=O) groups excluding carboxylic acids is 1. The van der Waals surface area contributed by atoms with Gasteiger partial charge in [0.2, 0.25) is 0 Å². The second-order valence-corrected chi connectivity index (χ2v) is 6.48. The Morgan fingerprint density at radius 1 is 1.55 bits per heavy atom. The lowest BCUT2D eigenvalue weighted by Crippen LogP contribution is -2.28. The number of carbonyl (C=O) groups is 1. The van der Waals surface area contributed by atoms with E-state index < -0.39 is 6.10 Å². The van der Waals surface area contributed by atoms with Crippen LogP contribution in [0.5, 0.6) is 0 Å². The molecule has 20 heavy (non-hydrogen) atoms. The Hall–Kier alpha value is -1.66. The van der Waals surface area contributed by atoms with Gasteiger partial charge in [-0.05, 0) is 28.5 Å². The zero-order valence-corrected chi connectivity index (χ0v) is 12.6. The van der Waals surface area contributed by atoms with Gasteiger partial charge in [0.1, 0.15) is 5.69 Å². The summed E-state index contributed by atoms with van der Waals surface area (Å²) in [6.07, 6.45) is -0.689. The van der Waals surface area contributed by atoms with Gasteiger partial charge >= 0.3 is 0 Å². The van der Waals surface area contributed by atoms with Gasteiger partial charge < -0.3 is 10.4 Å². The number of amides is 1. The molecular formula is C14H19N3O2S. The minimum absolute atomic E-state index is 0.0816. The lowest BCUT2D eigenvalue weighted by Gasteiger charge is -2.14. The largest absolute Gasteiger partial charge is 0.387 e. The van der Waals surface area contributed by atoms with Crippen molar-refractivity contribution in [2.75, 3.05) is 6.54 Å². The number of nitrogens with one attached hydrogen (secondary N) is 2. The molecule has 0 saturated carbocycles. The number of aromatic amines is 1. The molecule has 2 aromatic rings. The van der Waals surface area contributed by atoms with Crippen molar-refractivity contribution < 1.29 is 9.90 Å². The van der Waals surface area contributed by atoms with E-state index in [1.165, 1.54) is 11.3 Å². The number of thiophene rings is 1. The highest BCUT2D eigenvalue weighted by molar-refractivity contribution is 7.07. The predicted octanol–water partition coefficient (Wildman–Crippen LogP) is 2.23. The van der Waals surface area contributed by atoms with Crippen LogP contribution in [-0.2, 0) is 5.41 Å². The van der Waals surface area contributed by atoms with Crippen LogP contribution in [0.4, 0.5) is 0 Å². The minimum atomic E-state index is -0.689. The van der Waals surface area contributed by atoms with Gasteiger partial charge in [0.15, 0.2) is 0 Å². The normalized spacial score (nSPS) is 13.2. The van der Waals surface area contributed by atoms with E-state index in [0.29, 0.717) is 5.69 Å². The molecule has 2 aromatic heterocycles. The summed E-state index contributed by atoms with van der Waals surface area (Å²) in [6, 6.07) is 3.58. The van der Waals surface area contributed by atoms with Crippen LogP contribution >= 0.6 is 11.3 Å². The van der Waals surface area contributed by atoms with Crippen molar-refractivity contribution in [3.63, 3.8) is 0 Å². The number of nitrogens with zero attached hydrogens (tertiary/aromatic N) is 1. The predicted molar refractivity (Wildman–Crippen MR) is 78.9 cm³/mol. The molecule has 0 aliphatic rings. The van der Waals surface area contributed by atoms with Crippen molar-refractivity contribution in [2.45, 2.75) is 32.3 Å². The third kappa shape index (κ3) is 3.46. The zero-order valence-electron chi connectivity index (χ0n) is 11.8. The smallest absolute Gasteiger partial charge is 0.271 e. The fraction of sp³-hybridized carbons (Fsp3) is 0.429. The summed E-state index contributed by atoms with van der Waals surface area (Å²) < 4.78 is 0. The highest BCUT2D eigenvalue weighted by atomic mass is 32.1. The topological polar surface area (TPSA) is 78.0 Å². The van der Waals surface area contributed by atoms with Gasteiger partial charge in [-0.2, -0.15) is 16.4 Å². The number of hydrogen-bond acceptors (Lipinski definition) is 4. The fourth-order valence-corrected chi connectivity index (χ4v) is 2.39. The van der Waals surface area contributed by atoms with E-state index in [4.69, 9.17) is 0 Å². The van der Waals surface area contributed by atoms with E-state index >= 15 is 0 Å². The van der Waals surface area contributed by atoms with Gasteiger partial charge in [0, 0.05) is 17.7 Å². The molecule has 3 N–H and O–H groups in total. The maximum atomic E-state index is 12.0. The highest BCUT2D eigenvalue weighted by Crippen LogP contribution is 2.20. The van der Waals surface area contributed by atoms with Crippen molar-refractivity contribution in [3.05, 3.63) is 39.8 Å². The zero-order chi connectivity index (χ0) is 14.8. The minimum Gasteiger partial charge on any atom is -0.387 e. The van der Waals surface area contributed by atoms with Crippen molar-refractivity contribution in [3.8, 4) is 0 Å². The van der Waals surface area contributed by atoms with Gasteiger partial charge in [-0.1, -0.05) is 20.8 Å². The molecular weight excluding hydrogens is 274 g/mol. The van der Waals surface area contributed by atoms with Crippen molar-refractivity contribution >= 4 is 17.2 Å². The Balaban J connectivity index is 1.94. The van der Waals surface area contributed by atoms with Crippen LogP contribution < -0.4 is 5.32 Å². The van der Waals surface area contributed by atoms with Gasteiger partial charge in [-0.25, -0.2) is 0 Å². The number of rotatable bonds is 4. The SMILES string of the molecule is CC(C)(C)c1cc(C(=O)NC[C@H](O)c2ccsc2)n[nH]1. The highest BCUT2D eigenvalue weighted by Gasteiger charge is 2.19. The van der Waals surface area contributed by atoms with E-state index in [0.717, 1.165) is 11.3 Å². The van der Waals surface area contributed by atoms with E-state index in [1.807, 2.05) is 37.6 Å². The molecule has 0 aliphatic heterocycles. The Morgan fingerprint density at radius 3 is 2.85 bits per heavy atom. The Kier molecular flexibility index (Phi) is 4.25. The molecule has 0 fully saturated rings. The second kappa shape index (κ2) is 5.76. The molecule has 2 rings (SSSR count). The summed E-state index contributed by atoms with van der Waals surface area (Å²) >= 11 is 1.51. The summed E-state index contributed by atoms with van der Waals surface area (Å²) in [6.45, 7) is 6.31. The molecule has 0 radical (unpaired) electrons. The molecule has 0 aromatic carbocycles. The molecule has 1 atom stereocenters. The molecule has 0 saturated heterocycles. The lowest BCUT2D eigenvalue weighted by molar-refractivity contribution is 0.0911. The van der Waals surface area contributed by atoms with Crippen LogP contribution in [0.2, 0.25) is 0 Å². The average molecular weight is 293 g/mol. The van der Waals surface area contributed by atoms with Crippen molar-refractivity contribution in [1.29, 1.82) is 0 Å². The number of aliphatic hydroxyl groups is 1. The summed E-state index contributed by atoms with van der Waals surface area (Å²) in [5.41, 5.74) is 1.98. The average Bonchev–Trinajstić information content (AvgIpc) is 3.04. The van der Waals surface area contributed by atoms with E-state index in [9.17, 15) is 9.90 Å². The molecule has 0 spiro atoms. The molecule has 0 unspecified atom stereocenters. The molecule has 0 bridgehead atoms. The van der Waals surface area contributed by atoms with Crippen LogP contribution in [-0.4, -0.2) is 27.8 Å². The van der Waals surface area contributed by atoms with Crippen LogP contribution in [0.15, 0.2) is 22.9 Å². The van der Waals surface area contributed by atoms with Gasteiger partial charge in [-0.3, -0.25) is 9.89 Å². The summed E-state index contributed by atoms with van der Waals surface area (Å²) in [4.78, 5) is 12.0. The Labute approximate surface area is 122 Å². The first kappa shape index (κ1) is 14.7. The quantitative estimate of drug-likeness (QED) is 0.809. The van der Waals surface area contributed by atoms with Gasteiger partial charge in [0.05, 0.1) is 6.10 Å². The number of aromatic nitrogens is 2. The number of hydrogen-bond donors (Lipinski definition) is 3. The van der Waals surface area contributed by atoms with Gasteiger partial charge in [-0.15, -0.1) is 0 Å². The first-order chi connectivity index (χ1) is 9.38. The molecule has 0 aliphatic carbocycles. The van der Waals surface area contributed by atoms with Crippen LogP contribution in [0.1, 0.15) is 48.6 Å². The van der Waals surface area contributed by atoms with Crippen molar-refractivity contribution in [1.82, 2.24) is 15.5 Å². The summed E-state index contributed by atoms with van der Waals surface area (Å²) in [5, 5.41) is 23.2. The van der Waals surface area contributed by atoms with Gasteiger partial charge in [0.25, 0.3) is 5.91 Å². The molecule has 108 valence electrons. The lowest BCUT2D eigenvalue weighted by atomic mass is 9.92. The van der Waals surface area contributed by atoms with E-state index in [1.54, 1.807) is 6.07 Å². The molecule has 2 heterocycles. The second-order valence-electron chi connectivity index (χ2n) is 5.70. The standard InChI is InChI=1S/C14H19N3O2S/c1-14(2,3)12-6-10(16-17-12)13(19)15-7-11(18)9-4-5-20-8-9/h4-6,8,11,18H,7H2,1-3H3,(H,15,19)(H,16,17)/t11-/m0/s1. The maximum absolute atomic E-state index is 12.0. The summed E-state index contributed by atoms with van der Waals surface area (Å²) in [5.74, 6) is -0.286. The third-order valence-corrected chi connectivity index (χ3v) is 3.70. The fourth-order valence-electron chi connectivity index (χ4n) is 1.68. The maximum Gasteiger partial charge on any atom is 0.271 e. The molecule has 5 nitrogen and oxygen atoms in total.